The predicted molar refractivity (Wildman–Crippen MR) is 85.8 cm³/mol. The number of halogens is 4. The number of nitrogens with two attached hydrogens (primary N) is 1. The van der Waals surface area contributed by atoms with Crippen LogP contribution in [0.4, 0.5) is 15.8 Å². The normalized spacial score (nSPS) is 11.4. The Kier molecular flexibility index (Phi) is 4.67. The summed E-state index contributed by atoms with van der Waals surface area (Å²) < 4.78 is 40.5. The van der Waals surface area contributed by atoms with Gasteiger partial charge in [0, 0.05) is 10.2 Å². The van der Waals surface area contributed by atoms with E-state index in [9.17, 15) is 12.8 Å². The summed E-state index contributed by atoms with van der Waals surface area (Å²) in [7, 11) is -3.93. The van der Waals surface area contributed by atoms with Gasteiger partial charge < -0.3 is 5.73 Å². The molecule has 0 aliphatic rings. The summed E-state index contributed by atoms with van der Waals surface area (Å²) >= 11 is 14.4. The number of nitrogens with one attached hydrogen (secondary N) is 1. The molecule has 0 atom stereocenters. The minimum atomic E-state index is -3.93. The fourth-order valence-corrected chi connectivity index (χ4v) is 4.08. The van der Waals surface area contributed by atoms with E-state index in [4.69, 9.17) is 28.9 Å². The molecule has 3 N–H and O–H groups in total. The summed E-state index contributed by atoms with van der Waals surface area (Å²) in [6.07, 6.45) is 0. The SMILES string of the molecule is Nc1ccc(Br)c(S(=O)(=O)Nc2cc(Cl)c(F)c(Cl)c2)c1. The van der Waals surface area contributed by atoms with Crippen molar-refractivity contribution in [3.63, 3.8) is 0 Å². The molecule has 0 spiro atoms. The molecule has 2 rings (SSSR count). The number of anilines is 2. The summed E-state index contributed by atoms with van der Waals surface area (Å²) in [5, 5.41) is -0.571. The minimum Gasteiger partial charge on any atom is -0.399 e. The van der Waals surface area contributed by atoms with E-state index in [-0.39, 0.29) is 26.3 Å². The van der Waals surface area contributed by atoms with Crippen molar-refractivity contribution in [2.45, 2.75) is 4.90 Å². The van der Waals surface area contributed by atoms with Crippen LogP contribution in [0.2, 0.25) is 10.0 Å². The molecule has 21 heavy (non-hydrogen) atoms. The maximum absolute atomic E-state index is 13.3. The molecule has 0 aromatic heterocycles. The molecule has 0 heterocycles. The first-order valence-corrected chi connectivity index (χ1v) is 8.46. The Bertz CT molecular complexity index is 792. The van der Waals surface area contributed by atoms with Gasteiger partial charge in [0.05, 0.1) is 15.7 Å². The Balaban J connectivity index is 2.45. The highest BCUT2D eigenvalue weighted by Crippen LogP contribution is 2.30. The fraction of sp³-hybridized carbons (Fsp3) is 0. The van der Waals surface area contributed by atoms with Crippen LogP contribution >= 0.6 is 39.1 Å². The van der Waals surface area contributed by atoms with Gasteiger partial charge >= 0.3 is 0 Å². The van der Waals surface area contributed by atoms with Crippen molar-refractivity contribution in [3.8, 4) is 0 Å². The van der Waals surface area contributed by atoms with E-state index in [1.807, 2.05) is 0 Å². The maximum Gasteiger partial charge on any atom is 0.263 e. The van der Waals surface area contributed by atoms with Gasteiger partial charge in [-0.2, -0.15) is 0 Å². The molecule has 0 saturated carbocycles. The van der Waals surface area contributed by atoms with E-state index in [1.54, 1.807) is 6.07 Å². The van der Waals surface area contributed by atoms with Crippen molar-refractivity contribution in [1.29, 1.82) is 0 Å². The molecule has 112 valence electrons. The lowest BCUT2D eigenvalue weighted by Crippen LogP contribution is -2.14. The zero-order valence-corrected chi connectivity index (χ0v) is 14.1. The van der Waals surface area contributed by atoms with Crippen molar-refractivity contribution < 1.29 is 12.8 Å². The zero-order valence-electron chi connectivity index (χ0n) is 10.2. The highest BCUT2D eigenvalue weighted by Gasteiger charge is 2.19. The highest BCUT2D eigenvalue weighted by atomic mass is 79.9. The van der Waals surface area contributed by atoms with Crippen molar-refractivity contribution in [2.24, 2.45) is 0 Å². The van der Waals surface area contributed by atoms with Crippen LogP contribution in [0.25, 0.3) is 0 Å². The Morgan fingerprint density at radius 1 is 1.14 bits per heavy atom. The lowest BCUT2D eigenvalue weighted by atomic mass is 10.3. The quantitative estimate of drug-likeness (QED) is 0.582. The maximum atomic E-state index is 13.3. The van der Waals surface area contributed by atoms with Crippen LogP contribution in [0, 0.1) is 5.82 Å². The van der Waals surface area contributed by atoms with E-state index in [2.05, 4.69) is 20.7 Å². The number of hydrogen-bond donors (Lipinski definition) is 2. The zero-order chi connectivity index (χ0) is 15.8. The highest BCUT2D eigenvalue weighted by molar-refractivity contribution is 9.10. The summed E-state index contributed by atoms with van der Waals surface area (Å²) in [4.78, 5) is -0.0564. The molecule has 0 aliphatic heterocycles. The van der Waals surface area contributed by atoms with Gasteiger partial charge in [0.2, 0.25) is 0 Å². The molecule has 0 fully saturated rings. The lowest BCUT2D eigenvalue weighted by molar-refractivity contribution is 0.600. The minimum absolute atomic E-state index is 0.0423. The Morgan fingerprint density at radius 2 is 1.71 bits per heavy atom. The Morgan fingerprint density at radius 3 is 2.29 bits per heavy atom. The van der Waals surface area contributed by atoms with Gasteiger partial charge in [-0.15, -0.1) is 0 Å². The molecular weight excluding hydrogens is 406 g/mol. The Labute approximate surface area is 139 Å². The largest absolute Gasteiger partial charge is 0.399 e. The second-order valence-electron chi connectivity index (χ2n) is 4.05. The topological polar surface area (TPSA) is 72.2 Å². The first-order valence-electron chi connectivity index (χ1n) is 5.43. The molecule has 0 bridgehead atoms. The molecule has 0 saturated heterocycles. The van der Waals surface area contributed by atoms with Crippen LogP contribution in [-0.2, 0) is 10.0 Å². The van der Waals surface area contributed by atoms with Gasteiger partial charge in [-0.1, -0.05) is 23.2 Å². The second-order valence-corrected chi connectivity index (χ2v) is 7.37. The molecule has 9 heteroatoms. The molecule has 0 unspecified atom stereocenters. The van der Waals surface area contributed by atoms with E-state index in [1.165, 1.54) is 12.1 Å². The van der Waals surface area contributed by atoms with Gasteiger partial charge in [0.15, 0.2) is 5.82 Å². The predicted octanol–water partition coefficient (Wildman–Crippen LogP) is 4.28. The number of hydrogen-bond acceptors (Lipinski definition) is 3. The first kappa shape index (κ1) is 16.4. The van der Waals surface area contributed by atoms with Crippen molar-refractivity contribution in [1.82, 2.24) is 0 Å². The average molecular weight is 414 g/mol. The van der Waals surface area contributed by atoms with Crippen LogP contribution in [-0.4, -0.2) is 8.42 Å². The third-order valence-corrected chi connectivity index (χ3v) is 5.41. The third-order valence-electron chi connectivity index (χ3n) is 2.48. The van der Waals surface area contributed by atoms with Crippen molar-refractivity contribution in [3.05, 3.63) is 50.7 Å². The first-order chi connectivity index (χ1) is 9.70. The van der Waals surface area contributed by atoms with Gasteiger partial charge in [0.25, 0.3) is 10.0 Å². The van der Waals surface area contributed by atoms with E-state index >= 15 is 0 Å². The summed E-state index contributed by atoms with van der Waals surface area (Å²) in [6.45, 7) is 0. The van der Waals surface area contributed by atoms with Gasteiger partial charge in [-0.05, 0) is 46.3 Å². The van der Waals surface area contributed by atoms with Gasteiger partial charge in [-0.3, -0.25) is 4.72 Å². The van der Waals surface area contributed by atoms with Crippen LogP contribution in [0.3, 0.4) is 0 Å². The molecule has 0 radical (unpaired) electrons. The van der Waals surface area contributed by atoms with Crippen LogP contribution in [0.5, 0.6) is 0 Å². The molecule has 0 amide bonds. The molecule has 4 nitrogen and oxygen atoms in total. The number of benzene rings is 2. The van der Waals surface area contributed by atoms with E-state index in [0.29, 0.717) is 4.47 Å². The molecule has 2 aromatic carbocycles. The third kappa shape index (κ3) is 3.60. The van der Waals surface area contributed by atoms with Crippen LogP contribution in [0.1, 0.15) is 0 Å². The summed E-state index contributed by atoms with van der Waals surface area (Å²) in [5.41, 5.74) is 5.91. The molecular formula is C12H8BrCl2FN2O2S. The smallest absolute Gasteiger partial charge is 0.263 e. The van der Waals surface area contributed by atoms with Crippen LogP contribution in [0.15, 0.2) is 39.7 Å². The lowest BCUT2D eigenvalue weighted by Gasteiger charge is -2.11. The van der Waals surface area contributed by atoms with Gasteiger partial charge in [0.1, 0.15) is 4.90 Å². The van der Waals surface area contributed by atoms with E-state index in [0.717, 1.165) is 12.1 Å². The summed E-state index contributed by atoms with van der Waals surface area (Å²) in [6, 6.07) is 6.60. The van der Waals surface area contributed by atoms with Crippen molar-refractivity contribution in [2.75, 3.05) is 10.5 Å². The van der Waals surface area contributed by atoms with Crippen molar-refractivity contribution >= 4 is 60.5 Å². The second kappa shape index (κ2) is 6.00. The summed E-state index contributed by atoms with van der Waals surface area (Å²) in [5.74, 6) is -0.814. The monoisotopic (exact) mass is 412 g/mol. The standard InChI is InChI=1S/C12H8BrCl2FN2O2S/c13-8-2-1-6(17)3-11(8)21(19,20)18-7-4-9(14)12(16)10(15)5-7/h1-5,18H,17H2. The molecule has 2 aromatic rings. The van der Waals surface area contributed by atoms with Gasteiger partial charge in [-0.25, -0.2) is 12.8 Å². The Hall–Kier alpha value is -1.02. The van der Waals surface area contributed by atoms with Crippen LogP contribution < -0.4 is 10.5 Å². The molecule has 0 aliphatic carbocycles. The number of sulfonamides is 1. The number of rotatable bonds is 3. The fourth-order valence-electron chi connectivity index (χ4n) is 1.55. The number of nitrogen functional groups attached to an aromatic ring is 1. The average Bonchev–Trinajstić information content (AvgIpc) is 2.38. The van der Waals surface area contributed by atoms with E-state index < -0.39 is 15.8 Å².